The van der Waals surface area contributed by atoms with Crippen molar-refractivity contribution in [2.45, 2.75) is 18.2 Å². The number of carbonyl (C=O) groups is 3. The number of benzene rings is 2. The molecule has 3 amide bonds. The lowest BCUT2D eigenvalue weighted by molar-refractivity contribution is -0.125. The average molecular weight is 414 g/mol. The number of carbonyl (C=O) groups excluding carboxylic acids is 3. The lowest BCUT2D eigenvalue weighted by atomic mass is 10.1. The third-order valence-electron chi connectivity index (χ3n) is 4.37. The van der Waals surface area contributed by atoms with Gasteiger partial charge in [-0.15, -0.1) is 11.8 Å². The number of hydrogen-bond donors (Lipinski definition) is 1. The highest BCUT2D eigenvalue weighted by atomic mass is 32.2. The highest BCUT2D eigenvalue weighted by Crippen LogP contribution is 2.24. The Kier molecular flexibility index (Phi) is 8.27. The van der Waals surface area contributed by atoms with E-state index in [0.717, 1.165) is 22.6 Å². The Morgan fingerprint density at radius 2 is 1.62 bits per heavy atom. The minimum Gasteiger partial charge on any atom is -0.348 e. The van der Waals surface area contributed by atoms with Crippen molar-refractivity contribution in [3.63, 3.8) is 0 Å². The van der Waals surface area contributed by atoms with Gasteiger partial charge >= 0.3 is 0 Å². The van der Waals surface area contributed by atoms with Crippen molar-refractivity contribution in [3.8, 4) is 0 Å². The van der Waals surface area contributed by atoms with Crippen molar-refractivity contribution in [2.75, 3.05) is 38.8 Å². The number of thioether (sulfide) groups is 1. The van der Waals surface area contributed by atoms with Gasteiger partial charge < -0.3 is 15.1 Å². The van der Waals surface area contributed by atoms with E-state index in [1.165, 1.54) is 21.6 Å². The molecule has 0 radical (unpaired) electrons. The lowest BCUT2D eigenvalue weighted by Crippen LogP contribution is -2.35. The van der Waals surface area contributed by atoms with Crippen LogP contribution in [-0.2, 0) is 16.0 Å². The first-order valence-corrected chi connectivity index (χ1v) is 10.4. The van der Waals surface area contributed by atoms with Crippen molar-refractivity contribution in [1.82, 2.24) is 9.80 Å². The van der Waals surface area contributed by atoms with Gasteiger partial charge in [-0.1, -0.05) is 37.3 Å². The van der Waals surface area contributed by atoms with E-state index in [4.69, 9.17) is 0 Å². The number of anilines is 1. The molecule has 0 saturated carbocycles. The fourth-order valence-corrected chi connectivity index (χ4v) is 3.69. The van der Waals surface area contributed by atoms with Crippen molar-refractivity contribution >= 4 is 35.2 Å². The zero-order valence-corrected chi connectivity index (χ0v) is 18.1. The second-order valence-corrected chi connectivity index (χ2v) is 7.81. The van der Waals surface area contributed by atoms with E-state index in [1.54, 1.807) is 33.3 Å². The molecule has 154 valence electrons. The number of likely N-dealkylation sites (N-methyl/N-ethyl adjacent to an activating group) is 1. The minimum atomic E-state index is -0.260. The van der Waals surface area contributed by atoms with E-state index in [1.807, 2.05) is 43.3 Å². The molecule has 0 bridgehead atoms. The van der Waals surface area contributed by atoms with Crippen molar-refractivity contribution in [2.24, 2.45) is 0 Å². The standard InChI is InChI=1S/C22H27N3O3S/c1-5-16-10-6-8-12-18(16)23-20(26)14-25(4)22(28)17-11-7-9-13-19(17)29-15-21(27)24(2)3/h6-13H,5,14-15H2,1-4H3,(H,23,26). The summed E-state index contributed by atoms with van der Waals surface area (Å²) in [7, 11) is 4.99. The molecule has 2 rings (SSSR count). The van der Waals surface area contributed by atoms with Crippen LogP contribution in [0.15, 0.2) is 53.4 Å². The molecular weight excluding hydrogens is 386 g/mol. The molecule has 0 aliphatic rings. The van der Waals surface area contributed by atoms with Crippen LogP contribution in [-0.4, -0.2) is 61.0 Å². The van der Waals surface area contributed by atoms with Gasteiger partial charge in [0.05, 0.1) is 17.9 Å². The summed E-state index contributed by atoms with van der Waals surface area (Å²) in [6.45, 7) is 1.96. The number of nitrogens with zero attached hydrogens (tertiary/aromatic N) is 2. The molecule has 0 aliphatic heterocycles. The van der Waals surface area contributed by atoms with Crippen LogP contribution in [0.2, 0.25) is 0 Å². The molecule has 0 aromatic heterocycles. The third kappa shape index (κ3) is 6.35. The first-order valence-electron chi connectivity index (χ1n) is 9.38. The number of aryl methyl sites for hydroxylation is 1. The zero-order chi connectivity index (χ0) is 21.4. The lowest BCUT2D eigenvalue weighted by Gasteiger charge is -2.19. The Balaban J connectivity index is 2.04. The predicted molar refractivity (Wildman–Crippen MR) is 117 cm³/mol. The molecule has 0 saturated heterocycles. The van der Waals surface area contributed by atoms with E-state index in [2.05, 4.69) is 5.32 Å². The summed E-state index contributed by atoms with van der Waals surface area (Å²) in [5.41, 5.74) is 2.29. The molecule has 2 aromatic rings. The zero-order valence-electron chi connectivity index (χ0n) is 17.3. The Bertz CT molecular complexity index is 883. The van der Waals surface area contributed by atoms with Gasteiger partial charge in [0.1, 0.15) is 0 Å². The molecular formula is C22H27N3O3S. The van der Waals surface area contributed by atoms with Crippen molar-refractivity contribution < 1.29 is 14.4 Å². The normalized spacial score (nSPS) is 10.3. The Labute approximate surface area is 176 Å². The summed E-state index contributed by atoms with van der Waals surface area (Å²) in [5.74, 6) is -0.298. The number of hydrogen-bond acceptors (Lipinski definition) is 4. The molecule has 0 aliphatic carbocycles. The molecule has 2 aromatic carbocycles. The number of para-hydroxylation sites is 1. The second-order valence-electron chi connectivity index (χ2n) is 6.79. The van der Waals surface area contributed by atoms with E-state index >= 15 is 0 Å². The summed E-state index contributed by atoms with van der Waals surface area (Å²) in [4.78, 5) is 40.8. The van der Waals surface area contributed by atoms with Crippen LogP contribution in [0.25, 0.3) is 0 Å². The number of nitrogens with one attached hydrogen (secondary N) is 1. The van der Waals surface area contributed by atoms with Gasteiger partial charge in [-0.25, -0.2) is 0 Å². The average Bonchev–Trinajstić information content (AvgIpc) is 2.71. The fraction of sp³-hybridized carbons (Fsp3) is 0.318. The Morgan fingerprint density at radius 3 is 2.31 bits per heavy atom. The van der Waals surface area contributed by atoms with Gasteiger partial charge in [-0.2, -0.15) is 0 Å². The summed E-state index contributed by atoms with van der Waals surface area (Å²) < 4.78 is 0. The molecule has 7 heteroatoms. The topological polar surface area (TPSA) is 69.7 Å². The van der Waals surface area contributed by atoms with E-state index in [-0.39, 0.29) is 30.0 Å². The second kappa shape index (κ2) is 10.7. The van der Waals surface area contributed by atoms with Crippen LogP contribution in [0.5, 0.6) is 0 Å². The molecule has 29 heavy (non-hydrogen) atoms. The van der Waals surface area contributed by atoms with Crippen LogP contribution < -0.4 is 5.32 Å². The molecule has 1 N–H and O–H groups in total. The summed E-state index contributed by atoms with van der Waals surface area (Å²) in [6, 6.07) is 14.7. The van der Waals surface area contributed by atoms with Crippen LogP contribution in [0.4, 0.5) is 5.69 Å². The SMILES string of the molecule is CCc1ccccc1NC(=O)CN(C)C(=O)c1ccccc1SCC(=O)N(C)C. The van der Waals surface area contributed by atoms with Crippen LogP contribution in [0.1, 0.15) is 22.8 Å². The molecule has 0 unspecified atom stereocenters. The maximum Gasteiger partial charge on any atom is 0.255 e. The maximum absolute atomic E-state index is 12.9. The first-order chi connectivity index (χ1) is 13.8. The van der Waals surface area contributed by atoms with Gasteiger partial charge in [-0.3, -0.25) is 14.4 Å². The highest BCUT2D eigenvalue weighted by Gasteiger charge is 2.19. The summed E-state index contributed by atoms with van der Waals surface area (Å²) in [6.07, 6.45) is 0.807. The largest absolute Gasteiger partial charge is 0.348 e. The number of amides is 3. The molecule has 0 spiro atoms. The van der Waals surface area contributed by atoms with Crippen LogP contribution in [0, 0.1) is 0 Å². The Morgan fingerprint density at radius 1 is 0.966 bits per heavy atom. The predicted octanol–water partition coefficient (Wildman–Crippen LogP) is 3.14. The monoisotopic (exact) mass is 413 g/mol. The fourth-order valence-electron chi connectivity index (χ4n) is 2.67. The Hall–Kier alpha value is -2.80. The molecule has 0 fully saturated rings. The first kappa shape index (κ1) is 22.5. The quantitative estimate of drug-likeness (QED) is 0.675. The number of rotatable bonds is 8. The van der Waals surface area contributed by atoms with Crippen LogP contribution in [0.3, 0.4) is 0 Å². The van der Waals surface area contributed by atoms with E-state index < -0.39 is 0 Å². The molecule has 6 nitrogen and oxygen atoms in total. The smallest absolute Gasteiger partial charge is 0.255 e. The van der Waals surface area contributed by atoms with Crippen LogP contribution >= 0.6 is 11.8 Å². The van der Waals surface area contributed by atoms with E-state index in [0.29, 0.717) is 5.56 Å². The van der Waals surface area contributed by atoms with Crippen molar-refractivity contribution in [1.29, 1.82) is 0 Å². The third-order valence-corrected chi connectivity index (χ3v) is 5.43. The summed E-state index contributed by atoms with van der Waals surface area (Å²) in [5, 5.41) is 2.88. The van der Waals surface area contributed by atoms with Gasteiger partial charge in [0, 0.05) is 31.7 Å². The maximum atomic E-state index is 12.9. The van der Waals surface area contributed by atoms with Gasteiger partial charge in [0.25, 0.3) is 5.91 Å². The van der Waals surface area contributed by atoms with Gasteiger partial charge in [-0.05, 0) is 30.2 Å². The van der Waals surface area contributed by atoms with Crippen molar-refractivity contribution in [3.05, 3.63) is 59.7 Å². The van der Waals surface area contributed by atoms with E-state index in [9.17, 15) is 14.4 Å². The highest BCUT2D eigenvalue weighted by molar-refractivity contribution is 8.00. The van der Waals surface area contributed by atoms with Gasteiger partial charge in [0.15, 0.2) is 0 Å². The van der Waals surface area contributed by atoms with Gasteiger partial charge in [0.2, 0.25) is 11.8 Å². The minimum absolute atomic E-state index is 0.0282. The summed E-state index contributed by atoms with van der Waals surface area (Å²) >= 11 is 1.32. The molecule has 0 heterocycles. The molecule has 0 atom stereocenters.